The quantitative estimate of drug-likeness (QED) is 0.0583. The minimum absolute atomic E-state index is 0.0336. The second-order valence-electron chi connectivity index (χ2n) is 14.1. The number of carbonyl (C=O) groups is 3. The van der Waals surface area contributed by atoms with Gasteiger partial charge in [0.15, 0.2) is 23.5 Å². The third kappa shape index (κ3) is 9.21. The molecule has 0 spiro atoms. The standard InChI is InChI=1S/C37H41N10O12P/c1-4-24-25(16-27(57-24)46-13-11-23-29(39-18-40-30(23)46)42-33(49)21-9-6-5-7-10-21)59-60(53,54-14-8-12-38)55-17-22-15-26(58-37(51)52)35(56-22)47-19-41-28-31(47)43-36(45-34(28)50)44-32(48)20(2)3/h5-7,9-11,13,18-20,22,24-27,35H,4,8,14-17H2,1-3H3,(H,51,52)(H,39,40,42,49)(H2,43,44,45,48,50)/t22-,24+,25-,26+,27+,35+,60?/m0/s1. The van der Waals surface area contributed by atoms with E-state index >= 15 is 0 Å². The Morgan fingerprint density at radius 1 is 1.05 bits per heavy atom. The number of benzene rings is 1. The molecule has 0 aliphatic carbocycles. The zero-order chi connectivity index (χ0) is 42.6. The van der Waals surface area contributed by atoms with Crippen LogP contribution in [0.2, 0.25) is 0 Å². The van der Waals surface area contributed by atoms with Crippen LogP contribution >= 0.6 is 7.82 Å². The lowest BCUT2D eigenvalue weighted by Gasteiger charge is -2.24. The number of H-pyrrole nitrogens is 1. The largest absolute Gasteiger partial charge is 0.506 e. The molecule has 0 radical (unpaired) electrons. The highest BCUT2D eigenvalue weighted by Gasteiger charge is 2.45. The fourth-order valence-corrected chi connectivity index (χ4v) is 8.21. The van der Waals surface area contributed by atoms with Gasteiger partial charge in [0.2, 0.25) is 11.9 Å². The number of fused-ring (bicyclic) bond motifs is 2. The van der Waals surface area contributed by atoms with E-state index in [2.05, 4.69) is 35.6 Å². The Morgan fingerprint density at radius 3 is 2.58 bits per heavy atom. The van der Waals surface area contributed by atoms with Crippen molar-refractivity contribution in [3.05, 3.63) is 71.2 Å². The molecule has 2 aliphatic rings. The van der Waals surface area contributed by atoms with Gasteiger partial charge in [-0.3, -0.25) is 42.8 Å². The third-order valence-electron chi connectivity index (χ3n) is 9.69. The van der Waals surface area contributed by atoms with Gasteiger partial charge in [0.1, 0.15) is 24.0 Å². The van der Waals surface area contributed by atoms with Gasteiger partial charge in [0.05, 0.1) is 55.7 Å². The van der Waals surface area contributed by atoms with Crippen molar-refractivity contribution < 1.29 is 51.8 Å². The second kappa shape index (κ2) is 18.0. The summed E-state index contributed by atoms with van der Waals surface area (Å²) in [6, 6.07) is 12.3. The van der Waals surface area contributed by atoms with Gasteiger partial charge in [0.25, 0.3) is 11.5 Å². The van der Waals surface area contributed by atoms with E-state index in [9.17, 15) is 34.1 Å². The van der Waals surface area contributed by atoms with E-state index in [1.165, 1.54) is 17.2 Å². The smallest absolute Gasteiger partial charge is 0.450 e. The summed E-state index contributed by atoms with van der Waals surface area (Å²) >= 11 is 0. The van der Waals surface area contributed by atoms with Crippen molar-refractivity contribution in [2.45, 2.75) is 83.3 Å². The number of carboxylic acid groups (broad SMARTS) is 1. The van der Waals surface area contributed by atoms with Crippen LogP contribution in [0, 0.1) is 17.2 Å². The van der Waals surface area contributed by atoms with Crippen molar-refractivity contribution >= 4 is 59.8 Å². The first-order valence-corrected chi connectivity index (χ1v) is 20.4. The topological polar surface area (TPSA) is 286 Å². The monoisotopic (exact) mass is 848 g/mol. The Hall–Kier alpha value is -6.08. The number of aromatic amines is 1. The van der Waals surface area contributed by atoms with Gasteiger partial charge in [0, 0.05) is 30.5 Å². The Labute approximate surface area is 340 Å². The summed E-state index contributed by atoms with van der Waals surface area (Å²) in [6.45, 7) is 4.43. The van der Waals surface area contributed by atoms with Crippen LogP contribution in [0.4, 0.5) is 16.6 Å². The van der Waals surface area contributed by atoms with Gasteiger partial charge in [-0.25, -0.2) is 24.3 Å². The predicted molar refractivity (Wildman–Crippen MR) is 208 cm³/mol. The third-order valence-corrected chi connectivity index (χ3v) is 11.2. The number of nitrogens with zero attached hydrogens (tertiary/aromatic N) is 7. The molecule has 2 aliphatic heterocycles. The van der Waals surface area contributed by atoms with Crippen LogP contribution in [-0.4, -0.2) is 94.8 Å². The van der Waals surface area contributed by atoms with E-state index in [-0.39, 0.29) is 48.9 Å². The summed E-state index contributed by atoms with van der Waals surface area (Å²) in [6.07, 6.45) is -2.41. The number of ether oxygens (including phenoxy) is 3. The van der Waals surface area contributed by atoms with Crippen LogP contribution in [0.3, 0.4) is 0 Å². The lowest BCUT2D eigenvalue weighted by molar-refractivity contribution is -0.118. The van der Waals surface area contributed by atoms with Gasteiger partial charge in [-0.15, -0.1) is 0 Å². The molecule has 6 heterocycles. The number of rotatable bonds is 16. The van der Waals surface area contributed by atoms with Crippen molar-refractivity contribution in [3.63, 3.8) is 0 Å². The molecular formula is C37H41N10O12P. The highest BCUT2D eigenvalue weighted by atomic mass is 31.2. The van der Waals surface area contributed by atoms with E-state index in [0.717, 1.165) is 0 Å². The summed E-state index contributed by atoms with van der Waals surface area (Å²) in [5.74, 6) is -1.04. The van der Waals surface area contributed by atoms with Crippen molar-refractivity contribution in [3.8, 4) is 6.07 Å². The van der Waals surface area contributed by atoms with Crippen LogP contribution in [-0.2, 0) is 37.1 Å². The fraction of sp³-hybridized carbons (Fsp3) is 0.432. The van der Waals surface area contributed by atoms with Crippen LogP contribution in [0.25, 0.3) is 22.2 Å². The maximum absolute atomic E-state index is 14.3. The number of nitrogens with one attached hydrogen (secondary N) is 3. The lowest BCUT2D eigenvalue weighted by Crippen LogP contribution is -2.26. The predicted octanol–water partition coefficient (Wildman–Crippen LogP) is 4.90. The molecule has 2 fully saturated rings. The minimum Gasteiger partial charge on any atom is -0.450 e. The first-order valence-electron chi connectivity index (χ1n) is 19.0. The number of aromatic nitrogens is 7. The number of anilines is 2. The second-order valence-corrected chi connectivity index (χ2v) is 15.7. The molecule has 0 bridgehead atoms. The molecular weight excluding hydrogens is 807 g/mol. The molecule has 2 saturated heterocycles. The molecule has 5 aromatic rings. The average molecular weight is 849 g/mol. The number of hydrogen-bond donors (Lipinski definition) is 4. The highest BCUT2D eigenvalue weighted by Crippen LogP contribution is 2.54. The number of nitriles is 1. The summed E-state index contributed by atoms with van der Waals surface area (Å²) in [5.41, 5.74) is 0.102. The van der Waals surface area contributed by atoms with Gasteiger partial charge in [-0.1, -0.05) is 39.0 Å². The number of phosphoric ester groups is 1. The fourth-order valence-electron chi connectivity index (χ4n) is 6.79. The van der Waals surface area contributed by atoms with Crippen LogP contribution in [0.1, 0.15) is 69.3 Å². The molecule has 60 heavy (non-hydrogen) atoms. The maximum Gasteiger partial charge on any atom is 0.506 e. The van der Waals surface area contributed by atoms with Crippen molar-refractivity contribution in [1.82, 2.24) is 34.1 Å². The number of carbonyl (C=O) groups excluding carboxylic acids is 2. The Kier molecular flexibility index (Phi) is 12.6. The molecule has 0 saturated carbocycles. The molecule has 22 nitrogen and oxygen atoms in total. The first-order chi connectivity index (χ1) is 28.9. The maximum atomic E-state index is 14.3. The lowest BCUT2D eigenvalue weighted by atomic mass is 10.1. The Balaban J connectivity index is 1.07. The average Bonchev–Trinajstić information content (AvgIpc) is 4.03. The summed E-state index contributed by atoms with van der Waals surface area (Å²) < 4.78 is 52.5. The van der Waals surface area contributed by atoms with Crippen LogP contribution in [0.5, 0.6) is 0 Å². The number of amides is 2. The SMILES string of the molecule is CC[C@H]1O[C@@H](n2ccc3c(NC(=O)c4ccccc4)ncnc32)C[C@@H]1OP(=O)(OCCC#N)OC[C@@H]1C[C@@H](OC(=O)O)[C@H](n2cnc3c(=O)[nH]c(NC(=O)C(C)C)nc32)O1. The Morgan fingerprint density at radius 2 is 1.85 bits per heavy atom. The van der Waals surface area contributed by atoms with Crippen molar-refractivity contribution in [1.29, 1.82) is 5.26 Å². The van der Waals surface area contributed by atoms with E-state index in [4.69, 9.17) is 27.8 Å². The van der Waals surface area contributed by atoms with Crippen molar-refractivity contribution in [2.24, 2.45) is 5.92 Å². The molecule has 316 valence electrons. The molecule has 2 amide bonds. The molecule has 7 atom stereocenters. The molecule has 1 aromatic carbocycles. The molecule has 4 aromatic heterocycles. The zero-order valence-corrected chi connectivity index (χ0v) is 33.4. The molecule has 4 N–H and O–H groups in total. The van der Waals surface area contributed by atoms with Crippen LogP contribution in [0.15, 0.2) is 60.0 Å². The van der Waals surface area contributed by atoms with E-state index < -0.39 is 74.8 Å². The van der Waals surface area contributed by atoms with E-state index in [1.54, 1.807) is 54.9 Å². The van der Waals surface area contributed by atoms with E-state index in [1.807, 2.05) is 19.1 Å². The number of phosphoric acid groups is 1. The first kappa shape index (κ1) is 42.1. The van der Waals surface area contributed by atoms with Gasteiger partial charge >= 0.3 is 14.0 Å². The van der Waals surface area contributed by atoms with Crippen LogP contribution < -0.4 is 16.2 Å². The van der Waals surface area contributed by atoms with Gasteiger partial charge in [-0.05, 0) is 24.6 Å². The van der Waals surface area contributed by atoms with E-state index in [0.29, 0.717) is 28.8 Å². The zero-order valence-electron chi connectivity index (χ0n) is 32.5. The summed E-state index contributed by atoms with van der Waals surface area (Å²) in [5, 5.41) is 24.6. The molecule has 1 unspecified atom stereocenters. The Bertz CT molecular complexity index is 2520. The van der Waals surface area contributed by atoms with Gasteiger partial charge < -0.3 is 29.2 Å². The number of imidazole rings is 1. The van der Waals surface area contributed by atoms with Gasteiger partial charge in [-0.2, -0.15) is 10.2 Å². The molecule has 7 rings (SSSR count). The molecule has 23 heteroatoms. The van der Waals surface area contributed by atoms with Crippen molar-refractivity contribution in [2.75, 3.05) is 23.8 Å². The highest BCUT2D eigenvalue weighted by molar-refractivity contribution is 7.48. The minimum atomic E-state index is -4.47. The number of hydrogen-bond acceptors (Lipinski definition) is 16. The summed E-state index contributed by atoms with van der Waals surface area (Å²) in [4.78, 5) is 69.4. The summed E-state index contributed by atoms with van der Waals surface area (Å²) in [7, 11) is -4.47. The normalized spacial score (nSPS) is 22.4.